The van der Waals surface area contributed by atoms with Crippen LogP contribution in [0, 0.1) is 11.8 Å². The van der Waals surface area contributed by atoms with Crippen LogP contribution in [0.3, 0.4) is 0 Å². The van der Waals surface area contributed by atoms with Gasteiger partial charge in [0, 0.05) is 0 Å². The molecule has 0 radical (unpaired) electrons. The van der Waals surface area contributed by atoms with Crippen LogP contribution in [-0.4, -0.2) is 13.2 Å². The lowest BCUT2D eigenvalue weighted by atomic mass is 9.89. The molecule has 0 aliphatic carbocycles. The van der Waals surface area contributed by atoms with E-state index < -0.39 is 0 Å². The zero-order valence-electron chi connectivity index (χ0n) is 10.9. The van der Waals surface area contributed by atoms with Crippen molar-refractivity contribution in [2.24, 2.45) is 17.6 Å². The number of ether oxygens (including phenoxy) is 1. The van der Waals surface area contributed by atoms with Crippen LogP contribution < -0.4 is 10.5 Å². The Hall–Kier alpha value is -0.730. The summed E-state index contributed by atoms with van der Waals surface area (Å²) in [6, 6.07) is 5.99. The molecule has 1 unspecified atom stereocenters. The minimum absolute atomic E-state index is 0.504. The number of hydrogen-bond acceptors (Lipinski definition) is 2. The number of nitrogens with two attached hydrogens (primary N) is 1. The van der Waals surface area contributed by atoms with Crippen molar-refractivity contribution in [3.8, 4) is 5.75 Å². The van der Waals surface area contributed by atoms with Crippen molar-refractivity contribution in [3.05, 3.63) is 28.8 Å². The van der Waals surface area contributed by atoms with Crippen molar-refractivity contribution in [2.75, 3.05) is 13.2 Å². The van der Waals surface area contributed by atoms with Gasteiger partial charge in [-0.05, 0) is 49.4 Å². The van der Waals surface area contributed by atoms with E-state index >= 15 is 0 Å². The third-order valence-electron chi connectivity index (χ3n) is 3.04. The van der Waals surface area contributed by atoms with Crippen LogP contribution in [0.5, 0.6) is 5.75 Å². The van der Waals surface area contributed by atoms with Gasteiger partial charge in [0.25, 0.3) is 0 Å². The summed E-state index contributed by atoms with van der Waals surface area (Å²) >= 11 is 6.16. The molecule has 2 nitrogen and oxygen atoms in total. The van der Waals surface area contributed by atoms with Crippen LogP contribution >= 0.6 is 11.6 Å². The predicted octanol–water partition coefficient (Wildman–Crippen LogP) is 3.51. The molecule has 1 aromatic carbocycles. The van der Waals surface area contributed by atoms with Gasteiger partial charge in [-0.1, -0.05) is 31.5 Å². The van der Waals surface area contributed by atoms with Gasteiger partial charge >= 0.3 is 0 Å². The van der Waals surface area contributed by atoms with Crippen LogP contribution in [-0.2, 0) is 6.42 Å². The van der Waals surface area contributed by atoms with E-state index in [1.807, 2.05) is 19.1 Å². The minimum atomic E-state index is 0.504. The summed E-state index contributed by atoms with van der Waals surface area (Å²) in [5.74, 6) is 1.85. The summed E-state index contributed by atoms with van der Waals surface area (Å²) in [5.41, 5.74) is 7.00. The lowest BCUT2D eigenvalue weighted by molar-refractivity contribution is 0.340. The quantitative estimate of drug-likeness (QED) is 0.844. The molecule has 1 atom stereocenters. The van der Waals surface area contributed by atoms with Crippen molar-refractivity contribution < 1.29 is 4.74 Å². The molecule has 0 bridgehead atoms. The van der Waals surface area contributed by atoms with Gasteiger partial charge in [-0.25, -0.2) is 0 Å². The van der Waals surface area contributed by atoms with Crippen LogP contribution in [0.15, 0.2) is 18.2 Å². The van der Waals surface area contributed by atoms with E-state index in [0.29, 0.717) is 30.0 Å². The molecule has 0 amide bonds. The highest BCUT2D eigenvalue weighted by Gasteiger charge is 2.13. The summed E-state index contributed by atoms with van der Waals surface area (Å²) in [5, 5.41) is 0.684. The van der Waals surface area contributed by atoms with E-state index in [9.17, 15) is 0 Å². The van der Waals surface area contributed by atoms with E-state index in [1.165, 1.54) is 5.56 Å². The maximum Gasteiger partial charge on any atom is 0.137 e. The molecule has 0 aliphatic rings. The van der Waals surface area contributed by atoms with Crippen LogP contribution in [0.2, 0.25) is 5.02 Å². The standard InChI is InChI=1S/C14H22ClNO/c1-4-17-14-6-5-11(8-13(14)15)7-12(9-16)10(2)3/h5-6,8,10,12H,4,7,9,16H2,1-3H3. The summed E-state index contributed by atoms with van der Waals surface area (Å²) in [4.78, 5) is 0. The van der Waals surface area contributed by atoms with E-state index in [1.54, 1.807) is 0 Å². The van der Waals surface area contributed by atoms with Gasteiger partial charge in [0.1, 0.15) is 5.75 Å². The zero-order valence-corrected chi connectivity index (χ0v) is 11.6. The Morgan fingerprint density at radius 1 is 1.35 bits per heavy atom. The first-order valence-electron chi connectivity index (χ1n) is 6.19. The molecule has 0 spiro atoms. The van der Waals surface area contributed by atoms with Gasteiger partial charge in [-0.2, -0.15) is 0 Å². The Bertz CT molecular complexity index is 352. The van der Waals surface area contributed by atoms with E-state index in [2.05, 4.69) is 19.9 Å². The highest BCUT2D eigenvalue weighted by atomic mass is 35.5. The van der Waals surface area contributed by atoms with Crippen molar-refractivity contribution in [3.63, 3.8) is 0 Å². The Morgan fingerprint density at radius 3 is 2.53 bits per heavy atom. The van der Waals surface area contributed by atoms with Gasteiger partial charge in [0.15, 0.2) is 0 Å². The minimum Gasteiger partial charge on any atom is -0.492 e. The van der Waals surface area contributed by atoms with E-state index in [0.717, 1.165) is 12.2 Å². The molecule has 1 aromatic rings. The molecule has 0 saturated heterocycles. The number of hydrogen-bond donors (Lipinski definition) is 1. The first kappa shape index (κ1) is 14.3. The summed E-state index contributed by atoms with van der Waals surface area (Å²) in [6.07, 6.45) is 0.973. The van der Waals surface area contributed by atoms with Crippen molar-refractivity contribution in [2.45, 2.75) is 27.2 Å². The Labute approximate surface area is 109 Å². The first-order chi connectivity index (χ1) is 8.08. The van der Waals surface area contributed by atoms with E-state index in [4.69, 9.17) is 22.1 Å². The average Bonchev–Trinajstić information content (AvgIpc) is 2.29. The number of halogens is 1. The molecule has 0 fully saturated rings. The highest BCUT2D eigenvalue weighted by Crippen LogP contribution is 2.27. The molecule has 0 heterocycles. The molecule has 17 heavy (non-hydrogen) atoms. The second kappa shape index (κ2) is 6.87. The molecule has 1 rings (SSSR count). The Kier molecular flexibility index (Phi) is 5.79. The van der Waals surface area contributed by atoms with Gasteiger partial charge in [-0.15, -0.1) is 0 Å². The molecule has 0 aromatic heterocycles. The maximum absolute atomic E-state index is 6.16. The van der Waals surface area contributed by atoms with Crippen LogP contribution in [0.1, 0.15) is 26.3 Å². The normalized spacial score (nSPS) is 12.8. The van der Waals surface area contributed by atoms with Gasteiger partial charge in [0.05, 0.1) is 11.6 Å². The van der Waals surface area contributed by atoms with Crippen molar-refractivity contribution in [1.82, 2.24) is 0 Å². The fourth-order valence-electron chi connectivity index (χ4n) is 1.84. The van der Waals surface area contributed by atoms with Crippen LogP contribution in [0.4, 0.5) is 0 Å². The average molecular weight is 256 g/mol. The molecule has 0 saturated carbocycles. The lowest BCUT2D eigenvalue weighted by Gasteiger charge is -2.19. The second-order valence-corrected chi connectivity index (χ2v) is 5.05. The fourth-order valence-corrected chi connectivity index (χ4v) is 2.10. The van der Waals surface area contributed by atoms with Crippen molar-refractivity contribution in [1.29, 1.82) is 0 Å². The number of benzene rings is 1. The SMILES string of the molecule is CCOc1ccc(CC(CN)C(C)C)cc1Cl. The molecule has 3 heteroatoms. The van der Waals surface area contributed by atoms with Gasteiger partial charge < -0.3 is 10.5 Å². The Morgan fingerprint density at radius 2 is 2.06 bits per heavy atom. The fraction of sp³-hybridized carbons (Fsp3) is 0.571. The summed E-state index contributed by atoms with van der Waals surface area (Å²) in [6.45, 7) is 7.70. The predicted molar refractivity (Wildman–Crippen MR) is 73.7 cm³/mol. The van der Waals surface area contributed by atoms with Crippen molar-refractivity contribution >= 4 is 11.6 Å². The summed E-state index contributed by atoms with van der Waals surface area (Å²) in [7, 11) is 0. The molecule has 96 valence electrons. The second-order valence-electron chi connectivity index (χ2n) is 4.64. The smallest absolute Gasteiger partial charge is 0.137 e. The molecule has 2 N–H and O–H groups in total. The highest BCUT2D eigenvalue weighted by molar-refractivity contribution is 6.32. The maximum atomic E-state index is 6.16. The molecular weight excluding hydrogens is 234 g/mol. The summed E-state index contributed by atoms with van der Waals surface area (Å²) < 4.78 is 5.41. The van der Waals surface area contributed by atoms with Gasteiger partial charge in [0.2, 0.25) is 0 Å². The Balaban J connectivity index is 2.76. The molecular formula is C14H22ClNO. The number of rotatable bonds is 6. The topological polar surface area (TPSA) is 35.2 Å². The third-order valence-corrected chi connectivity index (χ3v) is 3.33. The van der Waals surface area contributed by atoms with Gasteiger partial charge in [-0.3, -0.25) is 0 Å². The largest absolute Gasteiger partial charge is 0.492 e. The monoisotopic (exact) mass is 255 g/mol. The third kappa shape index (κ3) is 4.21. The zero-order chi connectivity index (χ0) is 12.8. The lowest BCUT2D eigenvalue weighted by Crippen LogP contribution is -2.22. The van der Waals surface area contributed by atoms with Crippen LogP contribution in [0.25, 0.3) is 0 Å². The first-order valence-corrected chi connectivity index (χ1v) is 6.57. The van der Waals surface area contributed by atoms with E-state index in [-0.39, 0.29) is 0 Å². The molecule has 0 aliphatic heterocycles.